The molecule has 104 valence electrons. The maximum absolute atomic E-state index is 6.10. The molecule has 2 aromatic rings. The summed E-state index contributed by atoms with van der Waals surface area (Å²) in [5.74, 6) is 0.484. The maximum Gasteiger partial charge on any atom is 0.0408 e. The van der Waals surface area contributed by atoms with E-state index in [2.05, 4.69) is 53.1 Å². The van der Waals surface area contributed by atoms with Gasteiger partial charge in [0.2, 0.25) is 0 Å². The largest absolute Gasteiger partial charge is 0.314 e. The van der Waals surface area contributed by atoms with Crippen molar-refractivity contribution in [3.05, 3.63) is 70.7 Å². The first kappa shape index (κ1) is 13.6. The van der Waals surface area contributed by atoms with Crippen molar-refractivity contribution in [3.8, 4) is 0 Å². The molecule has 2 atom stereocenters. The Morgan fingerprint density at radius 2 is 1.90 bits per heavy atom. The third-order valence-electron chi connectivity index (χ3n) is 3.90. The van der Waals surface area contributed by atoms with Crippen LogP contribution in [0.15, 0.2) is 54.6 Å². The van der Waals surface area contributed by atoms with Gasteiger partial charge < -0.3 is 10.6 Å². The van der Waals surface area contributed by atoms with Crippen molar-refractivity contribution in [2.24, 2.45) is 0 Å². The summed E-state index contributed by atoms with van der Waals surface area (Å²) >= 11 is 6.10. The van der Waals surface area contributed by atoms with Crippen LogP contribution >= 0.6 is 11.6 Å². The van der Waals surface area contributed by atoms with Crippen molar-refractivity contribution in [3.63, 3.8) is 0 Å². The number of hydrogen-bond donors (Lipinski definition) is 2. The zero-order valence-corrected chi connectivity index (χ0v) is 12.1. The highest BCUT2D eigenvalue weighted by Gasteiger charge is 2.27. The molecule has 0 bridgehead atoms. The van der Waals surface area contributed by atoms with Crippen LogP contribution in [0.5, 0.6) is 0 Å². The molecule has 0 aliphatic carbocycles. The van der Waals surface area contributed by atoms with Crippen LogP contribution in [0.4, 0.5) is 0 Å². The summed E-state index contributed by atoms with van der Waals surface area (Å²) < 4.78 is 0. The summed E-state index contributed by atoms with van der Waals surface area (Å²) in [5, 5.41) is 7.95. The highest BCUT2D eigenvalue weighted by molar-refractivity contribution is 6.30. The van der Waals surface area contributed by atoms with E-state index in [1.807, 2.05) is 12.1 Å². The Kier molecular flexibility index (Phi) is 4.36. The normalized spacial score (nSPS) is 22.1. The van der Waals surface area contributed by atoms with Gasteiger partial charge in [-0.15, -0.1) is 0 Å². The molecule has 0 spiro atoms. The lowest BCUT2D eigenvalue weighted by atomic mass is 9.94. The minimum atomic E-state index is 0.452. The molecule has 2 nitrogen and oxygen atoms in total. The highest BCUT2D eigenvalue weighted by Crippen LogP contribution is 2.25. The van der Waals surface area contributed by atoms with Gasteiger partial charge in [0, 0.05) is 36.6 Å². The van der Waals surface area contributed by atoms with Crippen LogP contribution in [-0.2, 0) is 6.54 Å². The molecule has 1 aliphatic rings. The third-order valence-corrected chi connectivity index (χ3v) is 4.14. The molecule has 20 heavy (non-hydrogen) atoms. The summed E-state index contributed by atoms with van der Waals surface area (Å²) in [6.45, 7) is 2.92. The van der Waals surface area contributed by atoms with Gasteiger partial charge in [-0.3, -0.25) is 0 Å². The van der Waals surface area contributed by atoms with Crippen molar-refractivity contribution in [2.75, 3.05) is 13.1 Å². The predicted molar refractivity (Wildman–Crippen MR) is 84.1 cm³/mol. The topological polar surface area (TPSA) is 24.1 Å². The highest BCUT2D eigenvalue weighted by atomic mass is 35.5. The minimum Gasteiger partial charge on any atom is -0.314 e. The SMILES string of the molecule is Clc1cccc(C2CNCC2NCc2ccccc2)c1. The Morgan fingerprint density at radius 1 is 1.05 bits per heavy atom. The molecule has 0 aromatic heterocycles. The zero-order chi connectivity index (χ0) is 13.8. The second-order valence-electron chi connectivity index (χ2n) is 5.29. The molecule has 0 saturated carbocycles. The first-order valence-electron chi connectivity index (χ1n) is 7.06. The van der Waals surface area contributed by atoms with Gasteiger partial charge >= 0.3 is 0 Å². The van der Waals surface area contributed by atoms with E-state index in [-0.39, 0.29) is 0 Å². The molecule has 2 unspecified atom stereocenters. The van der Waals surface area contributed by atoms with Crippen molar-refractivity contribution in [2.45, 2.75) is 18.5 Å². The average Bonchev–Trinajstić information content (AvgIpc) is 2.95. The minimum absolute atomic E-state index is 0.452. The fourth-order valence-corrected chi connectivity index (χ4v) is 3.02. The van der Waals surface area contributed by atoms with Crippen LogP contribution in [0.2, 0.25) is 5.02 Å². The zero-order valence-electron chi connectivity index (χ0n) is 11.4. The van der Waals surface area contributed by atoms with Gasteiger partial charge in [-0.05, 0) is 23.3 Å². The summed E-state index contributed by atoms with van der Waals surface area (Å²) in [6.07, 6.45) is 0. The molecular formula is C17H19ClN2. The van der Waals surface area contributed by atoms with Crippen LogP contribution in [0.3, 0.4) is 0 Å². The molecule has 1 heterocycles. The lowest BCUT2D eigenvalue weighted by Crippen LogP contribution is -2.34. The quantitative estimate of drug-likeness (QED) is 0.902. The van der Waals surface area contributed by atoms with Gasteiger partial charge in [0.05, 0.1) is 0 Å². The van der Waals surface area contributed by atoms with Crippen LogP contribution < -0.4 is 10.6 Å². The van der Waals surface area contributed by atoms with Crippen molar-refractivity contribution < 1.29 is 0 Å². The molecule has 2 N–H and O–H groups in total. The standard InChI is InChI=1S/C17H19ClN2/c18-15-8-4-7-14(9-15)16-11-19-12-17(16)20-10-13-5-2-1-3-6-13/h1-9,16-17,19-20H,10-12H2. The van der Waals surface area contributed by atoms with Crippen molar-refractivity contribution >= 4 is 11.6 Å². The Hall–Kier alpha value is -1.35. The Labute approximate surface area is 125 Å². The summed E-state index contributed by atoms with van der Waals surface area (Å²) in [7, 11) is 0. The monoisotopic (exact) mass is 286 g/mol. The van der Waals surface area contributed by atoms with E-state index in [0.29, 0.717) is 12.0 Å². The Balaban J connectivity index is 1.67. The van der Waals surface area contributed by atoms with E-state index in [9.17, 15) is 0 Å². The molecule has 3 rings (SSSR count). The van der Waals surface area contributed by atoms with Gasteiger partial charge in [0.1, 0.15) is 0 Å². The fraction of sp³-hybridized carbons (Fsp3) is 0.294. The summed E-state index contributed by atoms with van der Waals surface area (Å²) in [5.41, 5.74) is 2.64. The van der Waals surface area contributed by atoms with E-state index in [1.165, 1.54) is 11.1 Å². The molecule has 0 radical (unpaired) electrons. The lowest BCUT2D eigenvalue weighted by Gasteiger charge is -2.20. The van der Waals surface area contributed by atoms with Gasteiger partial charge in [-0.25, -0.2) is 0 Å². The molecule has 0 amide bonds. The van der Waals surface area contributed by atoms with Gasteiger partial charge in [-0.2, -0.15) is 0 Å². The van der Waals surface area contributed by atoms with Crippen LogP contribution in [0, 0.1) is 0 Å². The molecule has 1 aliphatic heterocycles. The lowest BCUT2D eigenvalue weighted by molar-refractivity contribution is 0.503. The molecule has 1 fully saturated rings. The Bertz CT molecular complexity index is 556. The second-order valence-corrected chi connectivity index (χ2v) is 5.73. The van der Waals surface area contributed by atoms with Crippen LogP contribution in [0.25, 0.3) is 0 Å². The smallest absolute Gasteiger partial charge is 0.0408 e. The predicted octanol–water partition coefficient (Wildman–Crippen LogP) is 3.19. The second kappa shape index (κ2) is 6.40. The fourth-order valence-electron chi connectivity index (χ4n) is 2.83. The molecule has 3 heteroatoms. The van der Waals surface area contributed by atoms with Crippen molar-refractivity contribution in [1.82, 2.24) is 10.6 Å². The molecular weight excluding hydrogens is 268 g/mol. The van der Waals surface area contributed by atoms with Crippen LogP contribution in [0.1, 0.15) is 17.0 Å². The summed E-state index contributed by atoms with van der Waals surface area (Å²) in [6, 6.07) is 19.2. The molecule has 1 saturated heterocycles. The number of nitrogens with one attached hydrogen (secondary N) is 2. The number of rotatable bonds is 4. The van der Waals surface area contributed by atoms with Gasteiger partial charge in [0.25, 0.3) is 0 Å². The summed E-state index contributed by atoms with van der Waals surface area (Å²) in [4.78, 5) is 0. The van der Waals surface area contributed by atoms with Gasteiger partial charge in [0.15, 0.2) is 0 Å². The van der Waals surface area contributed by atoms with E-state index < -0.39 is 0 Å². The number of halogens is 1. The average molecular weight is 287 g/mol. The first-order valence-corrected chi connectivity index (χ1v) is 7.44. The first-order chi connectivity index (χ1) is 9.83. The van der Waals surface area contributed by atoms with Crippen LogP contribution in [-0.4, -0.2) is 19.1 Å². The number of benzene rings is 2. The third kappa shape index (κ3) is 3.21. The Morgan fingerprint density at radius 3 is 2.70 bits per heavy atom. The van der Waals surface area contributed by atoms with E-state index in [1.54, 1.807) is 0 Å². The van der Waals surface area contributed by atoms with Crippen molar-refractivity contribution in [1.29, 1.82) is 0 Å². The maximum atomic E-state index is 6.10. The van der Waals surface area contributed by atoms with E-state index in [4.69, 9.17) is 11.6 Å². The van der Waals surface area contributed by atoms with Gasteiger partial charge in [-0.1, -0.05) is 54.1 Å². The van der Waals surface area contributed by atoms with E-state index in [0.717, 1.165) is 24.7 Å². The molecule has 2 aromatic carbocycles. The number of hydrogen-bond acceptors (Lipinski definition) is 2. The van der Waals surface area contributed by atoms with E-state index >= 15 is 0 Å².